The number of benzene rings is 1. The Morgan fingerprint density at radius 3 is 3.07 bits per heavy atom. The standard InChI is InChI=1S/C9H8N2O3S/c1-2-14-9-6-4-3-5-7(11(12)13)8(6)15-10-9/h3-5H,2H2,1H3. The van der Waals surface area contributed by atoms with Crippen molar-refractivity contribution in [2.75, 3.05) is 6.61 Å². The van der Waals surface area contributed by atoms with Crippen molar-refractivity contribution < 1.29 is 9.66 Å². The maximum absolute atomic E-state index is 10.7. The van der Waals surface area contributed by atoms with Crippen LogP contribution in [0.25, 0.3) is 10.1 Å². The summed E-state index contributed by atoms with van der Waals surface area (Å²) in [6, 6.07) is 4.88. The normalized spacial score (nSPS) is 10.5. The lowest BCUT2D eigenvalue weighted by molar-refractivity contribution is -0.382. The van der Waals surface area contributed by atoms with Gasteiger partial charge in [-0.3, -0.25) is 10.1 Å². The number of non-ortho nitro benzene ring substituents is 1. The van der Waals surface area contributed by atoms with E-state index in [0.717, 1.165) is 11.5 Å². The van der Waals surface area contributed by atoms with E-state index in [1.165, 1.54) is 6.07 Å². The number of nitrogens with zero attached hydrogens (tertiary/aromatic N) is 2. The molecule has 6 heteroatoms. The van der Waals surface area contributed by atoms with E-state index < -0.39 is 4.92 Å². The summed E-state index contributed by atoms with van der Waals surface area (Å²) < 4.78 is 9.87. The first-order chi connectivity index (χ1) is 7.24. The molecule has 0 saturated carbocycles. The zero-order valence-electron chi connectivity index (χ0n) is 7.97. The highest BCUT2D eigenvalue weighted by atomic mass is 32.1. The quantitative estimate of drug-likeness (QED) is 0.593. The minimum atomic E-state index is -0.407. The molecule has 0 aliphatic rings. The van der Waals surface area contributed by atoms with Crippen molar-refractivity contribution in [1.29, 1.82) is 0 Å². The van der Waals surface area contributed by atoms with Gasteiger partial charge in [-0.2, -0.15) is 4.37 Å². The van der Waals surface area contributed by atoms with Crippen LogP contribution in [0.15, 0.2) is 18.2 Å². The predicted octanol–water partition coefficient (Wildman–Crippen LogP) is 2.60. The molecule has 0 spiro atoms. The fourth-order valence-corrected chi connectivity index (χ4v) is 2.13. The van der Waals surface area contributed by atoms with Gasteiger partial charge in [-0.1, -0.05) is 6.07 Å². The Bertz CT molecular complexity index is 509. The molecule has 78 valence electrons. The van der Waals surface area contributed by atoms with Crippen LogP contribution < -0.4 is 4.74 Å². The molecule has 2 aromatic rings. The summed E-state index contributed by atoms with van der Waals surface area (Å²) in [6.07, 6.45) is 0. The van der Waals surface area contributed by atoms with Crippen molar-refractivity contribution in [3.8, 4) is 5.88 Å². The number of ether oxygens (including phenoxy) is 1. The van der Waals surface area contributed by atoms with Gasteiger partial charge >= 0.3 is 0 Å². The molecular formula is C9H8N2O3S. The van der Waals surface area contributed by atoms with Crippen LogP contribution in [0.3, 0.4) is 0 Å². The molecular weight excluding hydrogens is 216 g/mol. The Hall–Kier alpha value is -1.69. The van der Waals surface area contributed by atoms with Crippen LogP contribution in [0, 0.1) is 10.1 Å². The Kier molecular flexibility index (Phi) is 2.51. The van der Waals surface area contributed by atoms with Crippen molar-refractivity contribution in [1.82, 2.24) is 4.37 Å². The molecule has 0 radical (unpaired) electrons. The van der Waals surface area contributed by atoms with Crippen LogP contribution in [0.4, 0.5) is 5.69 Å². The second-order valence-electron chi connectivity index (χ2n) is 2.83. The first-order valence-corrected chi connectivity index (χ1v) is 5.17. The lowest BCUT2D eigenvalue weighted by atomic mass is 10.2. The summed E-state index contributed by atoms with van der Waals surface area (Å²) in [6.45, 7) is 2.35. The number of rotatable bonds is 3. The summed E-state index contributed by atoms with van der Waals surface area (Å²) in [5.74, 6) is 0.473. The Labute approximate surface area is 89.6 Å². The highest BCUT2D eigenvalue weighted by Gasteiger charge is 2.17. The molecule has 0 unspecified atom stereocenters. The molecule has 15 heavy (non-hydrogen) atoms. The molecule has 0 bridgehead atoms. The van der Waals surface area contributed by atoms with E-state index in [-0.39, 0.29) is 5.69 Å². The number of hydrogen-bond acceptors (Lipinski definition) is 5. The molecule has 2 rings (SSSR count). The van der Waals surface area contributed by atoms with Gasteiger partial charge in [0.05, 0.1) is 16.9 Å². The zero-order chi connectivity index (χ0) is 10.8. The number of fused-ring (bicyclic) bond motifs is 1. The Balaban J connectivity index is 2.63. The van der Waals surface area contributed by atoms with Crippen LogP contribution in [0.2, 0.25) is 0 Å². The van der Waals surface area contributed by atoms with Gasteiger partial charge in [0.15, 0.2) is 0 Å². The minimum absolute atomic E-state index is 0.0796. The molecule has 0 aliphatic heterocycles. The molecule has 1 aromatic carbocycles. The molecule has 0 saturated heterocycles. The first kappa shape index (κ1) is 9.85. The van der Waals surface area contributed by atoms with Crippen molar-refractivity contribution in [2.24, 2.45) is 0 Å². The van der Waals surface area contributed by atoms with Gasteiger partial charge in [-0.25, -0.2) is 0 Å². The van der Waals surface area contributed by atoms with Gasteiger partial charge in [0, 0.05) is 6.07 Å². The van der Waals surface area contributed by atoms with Gasteiger partial charge in [-0.05, 0) is 24.5 Å². The van der Waals surface area contributed by atoms with Crippen LogP contribution >= 0.6 is 11.5 Å². The van der Waals surface area contributed by atoms with Gasteiger partial charge in [0.25, 0.3) is 5.69 Å². The summed E-state index contributed by atoms with van der Waals surface area (Å²) in [5.41, 5.74) is 0.0796. The Morgan fingerprint density at radius 2 is 2.40 bits per heavy atom. The summed E-state index contributed by atoms with van der Waals surface area (Å²) >= 11 is 1.09. The molecule has 0 atom stereocenters. The van der Waals surface area contributed by atoms with E-state index in [0.29, 0.717) is 22.6 Å². The SMILES string of the molecule is CCOc1nsc2c([N+](=O)[O-])cccc12. The van der Waals surface area contributed by atoms with E-state index in [2.05, 4.69) is 4.37 Å². The minimum Gasteiger partial charge on any atom is -0.477 e. The number of nitro groups is 1. The second kappa shape index (κ2) is 3.82. The summed E-state index contributed by atoms with van der Waals surface area (Å²) in [7, 11) is 0. The first-order valence-electron chi connectivity index (χ1n) is 4.39. The molecule has 1 aromatic heterocycles. The summed E-state index contributed by atoms with van der Waals surface area (Å²) in [4.78, 5) is 10.3. The third-order valence-electron chi connectivity index (χ3n) is 1.92. The van der Waals surface area contributed by atoms with Crippen LogP contribution in [0.5, 0.6) is 5.88 Å². The molecule has 0 fully saturated rings. The average molecular weight is 224 g/mol. The van der Waals surface area contributed by atoms with E-state index in [9.17, 15) is 10.1 Å². The van der Waals surface area contributed by atoms with Crippen molar-refractivity contribution in [3.63, 3.8) is 0 Å². The number of hydrogen-bond donors (Lipinski definition) is 0. The monoisotopic (exact) mass is 224 g/mol. The van der Waals surface area contributed by atoms with Gasteiger partial charge in [0.2, 0.25) is 5.88 Å². The van der Waals surface area contributed by atoms with E-state index in [1.54, 1.807) is 12.1 Å². The lowest BCUT2D eigenvalue weighted by Crippen LogP contribution is -1.91. The average Bonchev–Trinajstić information content (AvgIpc) is 2.62. The zero-order valence-corrected chi connectivity index (χ0v) is 8.78. The molecule has 0 N–H and O–H groups in total. The van der Waals surface area contributed by atoms with Gasteiger partial charge < -0.3 is 4.74 Å². The number of aromatic nitrogens is 1. The second-order valence-corrected chi connectivity index (χ2v) is 3.61. The third kappa shape index (κ3) is 1.63. The molecule has 1 heterocycles. The van der Waals surface area contributed by atoms with Crippen LogP contribution in [0.1, 0.15) is 6.92 Å². The lowest BCUT2D eigenvalue weighted by Gasteiger charge is -1.97. The van der Waals surface area contributed by atoms with Crippen LogP contribution in [-0.2, 0) is 0 Å². The predicted molar refractivity (Wildman–Crippen MR) is 57.4 cm³/mol. The van der Waals surface area contributed by atoms with E-state index >= 15 is 0 Å². The number of nitro benzene ring substituents is 1. The van der Waals surface area contributed by atoms with Gasteiger partial charge in [-0.15, -0.1) is 0 Å². The van der Waals surface area contributed by atoms with Gasteiger partial charge in [0.1, 0.15) is 4.70 Å². The largest absolute Gasteiger partial charge is 0.477 e. The maximum atomic E-state index is 10.7. The molecule has 0 aliphatic carbocycles. The van der Waals surface area contributed by atoms with Crippen molar-refractivity contribution >= 4 is 27.3 Å². The highest BCUT2D eigenvalue weighted by molar-refractivity contribution is 7.14. The topological polar surface area (TPSA) is 65.3 Å². The van der Waals surface area contributed by atoms with E-state index in [1.807, 2.05) is 6.92 Å². The highest BCUT2D eigenvalue weighted by Crippen LogP contribution is 2.34. The third-order valence-corrected chi connectivity index (χ3v) is 2.79. The van der Waals surface area contributed by atoms with Crippen LogP contribution in [-0.4, -0.2) is 15.9 Å². The van der Waals surface area contributed by atoms with E-state index in [4.69, 9.17) is 4.74 Å². The fraction of sp³-hybridized carbons (Fsp3) is 0.222. The Morgan fingerprint density at radius 1 is 1.60 bits per heavy atom. The van der Waals surface area contributed by atoms with Crippen molar-refractivity contribution in [2.45, 2.75) is 6.92 Å². The fourth-order valence-electron chi connectivity index (χ4n) is 1.31. The van der Waals surface area contributed by atoms with Crippen molar-refractivity contribution in [3.05, 3.63) is 28.3 Å². The summed E-state index contributed by atoms with van der Waals surface area (Å²) in [5, 5.41) is 11.4. The molecule has 0 amide bonds. The maximum Gasteiger partial charge on any atom is 0.288 e. The molecule has 5 nitrogen and oxygen atoms in total. The smallest absolute Gasteiger partial charge is 0.288 e.